The van der Waals surface area contributed by atoms with Crippen molar-refractivity contribution >= 4 is 5.91 Å². The number of carbonyl (C=O) groups is 1. The van der Waals surface area contributed by atoms with Crippen LogP contribution in [0.3, 0.4) is 0 Å². The summed E-state index contributed by atoms with van der Waals surface area (Å²) >= 11 is 0. The van der Waals surface area contributed by atoms with Crippen LogP contribution in [0.4, 0.5) is 0 Å². The predicted octanol–water partition coefficient (Wildman–Crippen LogP) is 4.58. The molecule has 1 aromatic heterocycles. The van der Waals surface area contributed by atoms with Crippen molar-refractivity contribution in [2.75, 3.05) is 20.2 Å². The van der Waals surface area contributed by atoms with Crippen LogP contribution in [0.1, 0.15) is 67.5 Å². The first-order valence-electron chi connectivity index (χ1n) is 11.4. The van der Waals surface area contributed by atoms with Gasteiger partial charge < -0.3 is 9.30 Å². The van der Waals surface area contributed by atoms with Gasteiger partial charge in [-0.3, -0.25) is 10.2 Å². The molecular weight excluding hydrogens is 376 g/mol. The number of amides is 1. The quantitative estimate of drug-likeness (QED) is 0.757. The molecule has 2 aliphatic rings. The van der Waals surface area contributed by atoms with Crippen molar-refractivity contribution in [3.05, 3.63) is 35.7 Å². The fourth-order valence-corrected chi connectivity index (χ4v) is 4.84. The van der Waals surface area contributed by atoms with Gasteiger partial charge in [0.2, 0.25) is 0 Å². The van der Waals surface area contributed by atoms with Gasteiger partial charge in [0.05, 0.1) is 12.7 Å². The van der Waals surface area contributed by atoms with E-state index in [1.165, 1.54) is 38.5 Å². The first kappa shape index (κ1) is 20.9. The number of carbonyl (C=O) groups excluding carboxylic acids is 1. The van der Waals surface area contributed by atoms with Crippen LogP contribution in [0.5, 0.6) is 5.75 Å². The molecule has 0 unspecified atom stereocenters. The van der Waals surface area contributed by atoms with Gasteiger partial charge in [-0.25, -0.2) is 9.99 Å². The predicted molar refractivity (Wildman–Crippen MR) is 118 cm³/mol. The van der Waals surface area contributed by atoms with Crippen molar-refractivity contribution in [2.24, 2.45) is 5.92 Å². The van der Waals surface area contributed by atoms with E-state index in [2.05, 4.69) is 9.99 Å². The van der Waals surface area contributed by atoms with E-state index >= 15 is 0 Å². The Morgan fingerprint density at radius 1 is 1.10 bits per heavy atom. The van der Waals surface area contributed by atoms with Crippen molar-refractivity contribution < 1.29 is 9.53 Å². The number of methoxy groups -OCH3 is 1. The number of hydrazine groups is 1. The maximum Gasteiger partial charge on any atom is 0.286 e. The summed E-state index contributed by atoms with van der Waals surface area (Å²) in [6.45, 7) is 4.75. The van der Waals surface area contributed by atoms with Crippen LogP contribution in [-0.2, 0) is 6.54 Å². The third-order valence-electron chi connectivity index (χ3n) is 6.57. The zero-order chi connectivity index (χ0) is 20.9. The molecule has 1 amide bonds. The average Bonchev–Trinajstić information content (AvgIpc) is 3.11. The lowest BCUT2D eigenvalue weighted by molar-refractivity contribution is 0.0744. The maximum absolute atomic E-state index is 13.1. The van der Waals surface area contributed by atoms with E-state index in [4.69, 9.17) is 9.72 Å². The van der Waals surface area contributed by atoms with E-state index in [0.29, 0.717) is 11.6 Å². The number of aromatic nitrogens is 2. The van der Waals surface area contributed by atoms with Gasteiger partial charge in [0, 0.05) is 25.3 Å². The molecular formula is C24H34N4O2. The Bertz CT molecular complexity index is 864. The van der Waals surface area contributed by atoms with E-state index in [9.17, 15) is 4.79 Å². The number of hydrogen-bond acceptors (Lipinski definition) is 4. The van der Waals surface area contributed by atoms with Gasteiger partial charge in [-0.15, -0.1) is 0 Å². The van der Waals surface area contributed by atoms with Crippen molar-refractivity contribution in [2.45, 2.75) is 64.8 Å². The fraction of sp³-hybridized carbons (Fsp3) is 0.583. The molecule has 1 aromatic carbocycles. The van der Waals surface area contributed by atoms with Gasteiger partial charge in [0.15, 0.2) is 5.69 Å². The minimum Gasteiger partial charge on any atom is -0.496 e. The fourth-order valence-electron chi connectivity index (χ4n) is 4.84. The molecule has 162 valence electrons. The van der Waals surface area contributed by atoms with Crippen LogP contribution in [0.15, 0.2) is 24.3 Å². The highest BCUT2D eigenvalue weighted by molar-refractivity contribution is 5.94. The van der Waals surface area contributed by atoms with Crippen LogP contribution >= 0.6 is 0 Å². The number of benzene rings is 1. The third-order valence-corrected chi connectivity index (χ3v) is 6.57. The third kappa shape index (κ3) is 4.53. The lowest BCUT2D eigenvalue weighted by atomic mass is 9.89. The Hall–Kier alpha value is -2.34. The summed E-state index contributed by atoms with van der Waals surface area (Å²) in [5.41, 5.74) is 5.49. The lowest BCUT2D eigenvalue weighted by Crippen LogP contribution is -2.45. The molecule has 2 fully saturated rings. The number of piperidine rings is 1. The summed E-state index contributed by atoms with van der Waals surface area (Å²) in [5, 5.41) is 2.04. The van der Waals surface area contributed by atoms with Crippen molar-refractivity contribution in [3.63, 3.8) is 0 Å². The zero-order valence-corrected chi connectivity index (χ0v) is 18.3. The minimum absolute atomic E-state index is 0.104. The largest absolute Gasteiger partial charge is 0.496 e. The molecule has 4 rings (SSSR count). The number of ether oxygens (including phenoxy) is 1. The van der Waals surface area contributed by atoms with Crippen molar-refractivity contribution in [1.29, 1.82) is 0 Å². The average molecular weight is 411 g/mol. The van der Waals surface area contributed by atoms with Gasteiger partial charge in [-0.05, 0) is 50.7 Å². The summed E-state index contributed by atoms with van der Waals surface area (Å²) in [5.74, 6) is 2.15. The molecule has 1 N–H and O–H groups in total. The second-order valence-electron chi connectivity index (χ2n) is 8.67. The van der Waals surface area contributed by atoms with E-state index in [-0.39, 0.29) is 5.91 Å². The minimum atomic E-state index is -0.104. The highest BCUT2D eigenvalue weighted by Gasteiger charge is 2.26. The molecule has 6 heteroatoms. The van der Waals surface area contributed by atoms with E-state index in [1.807, 2.05) is 36.2 Å². The number of para-hydroxylation sites is 1. The van der Waals surface area contributed by atoms with Crippen LogP contribution in [0.2, 0.25) is 0 Å². The van der Waals surface area contributed by atoms with Gasteiger partial charge in [0.25, 0.3) is 5.91 Å². The molecule has 2 aromatic rings. The second kappa shape index (κ2) is 9.65. The number of rotatable bonds is 6. The molecule has 0 spiro atoms. The molecule has 1 aliphatic heterocycles. The maximum atomic E-state index is 13.1. The molecule has 1 aliphatic carbocycles. The monoisotopic (exact) mass is 410 g/mol. The summed E-state index contributed by atoms with van der Waals surface area (Å²) in [7, 11) is 1.68. The van der Waals surface area contributed by atoms with Crippen LogP contribution in [-0.4, -0.2) is 40.7 Å². The SMILES string of the molecule is COc1ccccc1-c1nc(C(=O)NN2CCCCC2)c(C)n1CC1CCCCC1. The Labute approximate surface area is 179 Å². The normalized spacial score (nSPS) is 18.3. The Morgan fingerprint density at radius 3 is 2.53 bits per heavy atom. The first-order chi connectivity index (χ1) is 14.7. The standard InChI is InChI=1S/C24H34N4O2/c1-18-22(24(29)26-27-15-9-4-10-16-27)25-23(20-13-7-8-14-21(20)30-2)28(18)17-19-11-5-3-6-12-19/h7-8,13-14,19H,3-6,9-12,15-17H2,1-2H3,(H,26,29). The van der Waals surface area contributed by atoms with E-state index in [1.54, 1.807) is 7.11 Å². The van der Waals surface area contributed by atoms with E-state index in [0.717, 1.165) is 55.3 Å². The molecule has 2 heterocycles. The molecule has 30 heavy (non-hydrogen) atoms. The number of nitrogens with one attached hydrogen (secondary N) is 1. The molecule has 6 nitrogen and oxygen atoms in total. The second-order valence-corrected chi connectivity index (χ2v) is 8.67. The lowest BCUT2D eigenvalue weighted by Gasteiger charge is -2.26. The zero-order valence-electron chi connectivity index (χ0n) is 18.3. The van der Waals surface area contributed by atoms with Crippen LogP contribution in [0.25, 0.3) is 11.4 Å². The van der Waals surface area contributed by atoms with Gasteiger partial charge in [-0.1, -0.05) is 37.8 Å². The summed E-state index contributed by atoms with van der Waals surface area (Å²) < 4.78 is 7.86. The molecule has 0 bridgehead atoms. The number of imidazole rings is 1. The van der Waals surface area contributed by atoms with Crippen molar-refractivity contribution in [1.82, 2.24) is 20.0 Å². The molecule has 0 atom stereocenters. The van der Waals surface area contributed by atoms with E-state index < -0.39 is 0 Å². The van der Waals surface area contributed by atoms with Gasteiger partial charge in [-0.2, -0.15) is 0 Å². The smallest absolute Gasteiger partial charge is 0.286 e. The van der Waals surface area contributed by atoms with Gasteiger partial charge in [0.1, 0.15) is 11.6 Å². The Balaban J connectivity index is 1.67. The number of nitrogens with zero attached hydrogens (tertiary/aromatic N) is 3. The van der Waals surface area contributed by atoms with Crippen LogP contribution < -0.4 is 10.2 Å². The van der Waals surface area contributed by atoms with Gasteiger partial charge >= 0.3 is 0 Å². The highest BCUT2D eigenvalue weighted by atomic mass is 16.5. The Morgan fingerprint density at radius 2 is 1.80 bits per heavy atom. The molecule has 0 radical (unpaired) electrons. The summed E-state index contributed by atoms with van der Waals surface area (Å²) in [4.78, 5) is 18.0. The summed E-state index contributed by atoms with van der Waals surface area (Å²) in [6.07, 6.45) is 9.91. The first-order valence-corrected chi connectivity index (χ1v) is 11.4. The topological polar surface area (TPSA) is 59.4 Å². The molecule has 1 saturated carbocycles. The Kier molecular flexibility index (Phi) is 6.72. The molecule has 1 saturated heterocycles. The van der Waals surface area contributed by atoms with Crippen molar-refractivity contribution in [3.8, 4) is 17.1 Å². The van der Waals surface area contributed by atoms with Crippen LogP contribution in [0, 0.1) is 12.8 Å². The number of hydrogen-bond donors (Lipinski definition) is 1. The summed E-state index contributed by atoms with van der Waals surface area (Å²) in [6, 6.07) is 7.95. The highest BCUT2D eigenvalue weighted by Crippen LogP contribution is 2.33.